The summed E-state index contributed by atoms with van der Waals surface area (Å²) in [6.45, 7) is 3.30. The van der Waals surface area contributed by atoms with Gasteiger partial charge < -0.3 is 10.2 Å². The van der Waals surface area contributed by atoms with Crippen LogP contribution < -0.4 is 5.32 Å². The third-order valence-corrected chi connectivity index (χ3v) is 6.79. The number of piperidine rings is 1. The lowest BCUT2D eigenvalue weighted by Gasteiger charge is -2.33. The summed E-state index contributed by atoms with van der Waals surface area (Å²) in [5.74, 6) is 0.215. The Labute approximate surface area is 171 Å². The van der Waals surface area contributed by atoms with Crippen molar-refractivity contribution in [2.24, 2.45) is 10.3 Å². The second-order valence-electron chi connectivity index (χ2n) is 7.61. The Kier molecular flexibility index (Phi) is 5.41. The zero-order valence-corrected chi connectivity index (χ0v) is 17.3. The third-order valence-electron chi connectivity index (χ3n) is 5.46. The lowest BCUT2D eigenvalue weighted by atomic mass is 9.96. The number of sulfonamides is 1. The minimum absolute atomic E-state index is 0.0346. The Bertz CT molecular complexity index is 1050. The Morgan fingerprint density at radius 1 is 1.17 bits per heavy atom. The van der Waals surface area contributed by atoms with Gasteiger partial charge in [0.25, 0.3) is 10.0 Å². The minimum atomic E-state index is -3.65. The second kappa shape index (κ2) is 7.99. The van der Waals surface area contributed by atoms with Gasteiger partial charge in [0.05, 0.1) is 5.92 Å². The number of likely N-dealkylation sites (tertiary alicyclic amines) is 1. The molecule has 2 aliphatic rings. The van der Waals surface area contributed by atoms with Crippen LogP contribution in [0, 0.1) is 5.92 Å². The van der Waals surface area contributed by atoms with Crippen LogP contribution in [0.1, 0.15) is 37.3 Å². The molecule has 6 nitrogen and oxygen atoms in total. The first-order valence-electron chi connectivity index (χ1n) is 10.1. The summed E-state index contributed by atoms with van der Waals surface area (Å²) in [4.78, 5) is 15.0. The first-order valence-corrected chi connectivity index (χ1v) is 11.5. The van der Waals surface area contributed by atoms with Crippen LogP contribution in [0.5, 0.6) is 0 Å². The summed E-state index contributed by atoms with van der Waals surface area (Å²) < 4.78 is 28.7. The zero-order valence-electron chi connectivity index (χ0n) is 16.5. The highest BCUT2D eigenvalue weighted by Gasteiger charge is 2.35. The van der Waals surface area contributed by atoms with E-state index in [0.29, 0.717) is 24.5 Å². The maximum atomic E-state index is 12.8. The van der Waals surface area contributed by atoms with Crippen LogP contribution in [0.3, 0.4) is 0 Å². The Morgan fingerprint density at radius 3 is 2.69 bits per heavy atom. The number of carbonyl (C=O) groups is 1. The third kappa shape index (κ3) is 4.05. The molecule has 1 fully saturated rings. The van der Waals surface area contributed by atoms with E-state index in [1.54, 1.807) is 18.2 Å². The van der Waals surface area contributed by atoms with E-state index in [0.717, 1.165) is 31.4 Å². The summed E-state index contributed by atoms with van der Waals surface area (Å²) in [5.41, 5.74) is 2.67. The lowest BCUT2D eigenvalue weighted by Crippen LogP contribution is -2.43. The van der Waals surface area contributed by atoms with Gasteiger partial charge in [0.1, 0.15) is 4.90 Å². The largest absolute Gasteiger partial charge is 0.355 e. The minimum Gasteiger partial charge on any atom is -0.355 e. The number of nitrogens with one attached hydrogen (secondary N) is 1. The van der Waals surface area contributed by atoms with Gasteiger partial charge in [-0.15, -0.1) is 4.40 Å². The molecule has 0 aliphatic carbocycles. The molecule has 4 rings (SSSR count). The molecule has 0 bridgehead atoms. The fourth-order valence-corrected chi connectivity index (χ4v) is 5.22. The van der Waals surface area contributed by atoms with E-state index in [-0.39, 0.29) is 16.7 Å². The van der Waals surface area contributed by atoms with Crippen molar-refractivity contribution in [2.45, 2.75) is 37.5 Å². The van der Waals surface area contributed by atoms with Crippen molar-refractivity contribution >= 4 is 27.5 Å². The first-order chi connectivity index (χ1) is 14.0. The van der Waals surface area contributed by atoms with Crippen molar-refractivity contribution in [1.29, 1.82) is 0 Å². The lowest BCUT2D eigenvalue weighted by molar-refractivity contribution is -0.121. The fraction of sp³-hybridized carbons (Fsp3) is 0.364. The van der Waals surface area contributed by atoms with E-state index in [4.69, 9.17) is 0 Å². The molecule has 0 aromatic heterocycles. The number of hydrogen-bond acceptors (Lipinski definition) is 4. The van der Waals surface area contributed by atoms with Crippen LogP contribution >= 0.6 is 0 Å². The van der Waals surface area contributed by atoms with Crippen LogP contribution in [-0.4, -0.2) is 38.2 Å². The van der Waals surface area contributed by atoms with Crippen LogP contribution in [0.4, 0.5) is 5.69 Å². The van der Waals surface area contributed by atoms with E-state index < -0.39 is 10.0 Å². The van der Waals surface area contributed by atoms with E-state index >= 15 is 0 Å². The molecule has 152 valence electrons. The second-order valence-corrected chi connectivity index (χ2v) is 9.18. The van der Waals surface area contributed by atoms with Gasteiger partial charge in [0.15, 0.2) is 5.84 Å². The molecule has 2 aliphatic heterocycles. The van der Waals surface area contributed by atoms with Crippen LogP contribution in [-0.2, 0) is 21.2 Å². The molecule has 2 aromatic carbocycles. The van der Waals surface area contributed by atoms with Gasteiger partial charge in [-0.05, 0) is 49.1 Å². The SMILES string of the molecule is CCCc1ccc(NC(=O)C2CCCN(C3=NS(=O)(=O)c4ccccc43)C2)cc1. The number of hydrogen-bond donors (Lipinski definition) is 1. The predicted molar refractivity (Wildman–Crippen MR) is 114 cm³/mol. The Morgan fingerprint density at radius 2 is 1.93 bits per heavy atom. The number of carbonyl (C=O) groups excluding carboxylic acids is 1. The number of aryl methyl sites for hydroxylation is 1. The topological polar surface area (TPSA) is 78.8 Å². The van der Waals surface area contributed by atoms with Gasteiger partial charge in [-0.2, -0.15) is 8.42 Å². The molecule has 0 saturated carbocycles. The molecule has 1 amide bonds. The molecule has 29 heavy (non-hydrogen) atoms. The molecule has 1 atom stereocenters. The first kappa shape index (κ1) is 19.6. The van der Waals surface area contributed by atoms with Crippen molar-refractivity contribution in [3.05, 3.63) is 59.7 Å². The molecule has 2 heterocycles. The highest BCUT2D eigenvalue weighted by molar-refractivity contribution is 7.90. The number of rotatable bonds is 4. The van der Waals surface area contributed by atoms with Gasteiger partial charge in [0.2, 0.25) is 5.91 Å². The molecular weight excluding hydrogens is 386 g/mol. The molecule has 7 heteroatoms. The van der Waals surface area contributed by atoms with Crippen molar-refractivity contribution in [1.82, 2.24) is 4.90 Å². The number of amidine groups is 1. The van der Waals surface area contributed by atoms with Gasteiger partial charge in [-0.1, -0.05) is 37.6 Å². The van der Waals surface area contributed by atoms with Gasteiger partial charge >= 0.3 is 0 Å². The van der Waals surface area contributed by atoms with E-state index in [1.807, 2.05) is 35.2 Å². The smallest absolute Gasteiger partial charge is 0.285 e. The molecular formula is C22H25N3O3S. The predicted octanol–water partition coefficient (Wildman–Crippen LogP) is 3.44. The number of benzene rings is 2. The fourth-order valence-electron chi connectivity index (χ4n) is 3.99. The van der Waals surface area contributed by atoms with Gasteiger partial charge in [0, 0.05) is 24.3 Å². The highest BCUT2D eigenvalue weighted by atomic mass is 32.2. The van der Waals surface area contributed by atoms with Crippen molar-refractivity contribution in [3.63, 3.8) is 0 Å². The molecule has 1 saturated heterocycles. The maximum absolute atomic E-state index is 12.8. The van der Waals surface area contributed by atoms with E-state index in [9.17, 15) is 13.2 Å². The average Bonchev–Trinajstić information content (AvgIpc) is 3.01. The van der Waals surface area contributed by atoms with Crippen molar-refractivity contribution in [2.75, 3.05) is 18.4 Å². The normalized spacial score (nSPS) is 20.1. The van der Waals surface area contributed by atoms with Crippen LogP contribution in [0.25, 0.3) is 0 Å². The van der Waals surface area contributed by atoms with Gasteiger partial charge in [-0.25, -0.2) is 0 Å². The van der Waals surface area contributed by atoms with Crippen LogP contribution in [0.15, 0.2) is 57.8 Å². The summed E-state index contributed by atoms with van der Waals surface area (Å²) >= 11 is 0. The quantitative estimate of drug-likeness (QED) is 0.836. The monoisotopic (exact) mass is 411 g/mol. The summed E-state index contributed by atoms with van der Waals surface area (Å²) in [5, 5.41) is 3.00. The van der Waals surface area contributed by atoms with Gasteiger partial charge in [-0.3, -0.25) is 4.79 Å². The zero-order chi connectivity index (χ0) is 20.4. The van der Waals surface area contributed by atoms with E-state index in [2.05, 4.69) is 16.6 Å². The molecule has 1 unspecified atom stereocenters. The average molecular weight is 412 g/mol. The van der Waals surface area contributed by atoms with Crippen molar-refractivity contribution < 1.29 is 13.2 Å². The summed E-state index contributed by atoms with van der Waals surface area (Å²) in [6, 6.07) is 14.8. The molecule has 0 spiro atoms. The van der Waals surface area contributed by atoms with E-state index in [1.165, 1.54) is 5.56 Å². The maximum Gasteiger partial charge on any atom is 0.285 e. The van der Waals surface area contributed by atoms with Crippen LogP contribution in [0.2, 0.25) is 0 Å². The molecule has 2 aromatic rings. The highest BCUT2D eigenvalue weighted by Crippen LogP contribution is 2.30. The number of nitrogens with zero attached hydrogens (tertiary/aromatic N) is 2. The Hall–Kier alpha value is -2.67. The standard InChI is InChI=1S/C22H25N3O3S/c1-2-6-16-10-12-18(13-11-16)23-22(26)17-7-5-14-25(15-17)21-19-8-3-4-9-20(19)29(27,28)24-21/h3-4,8-13,17H,2,5-7,14-15H2,1H3,(H,23,26). The molecule has 1 N–H and O–H groups in total. The molecule has 0 radical (unpaired) electrons. The number of fused-ring (bicyclic) bond motifs is 1. The van der Waals surface area contributed by atoms with Crippen molar-refractivity contribution in [3.8, 4) is 0 Å². The summed E-state index contributed by atoms with van der Waals surface area (Å²) in [6.07, 6.45) is 3.71. The number of amides is 1. The Balaban J connectivity index is 1.47. The summed E-state index contributed by atoms with van der Waals surface area (Å²) in [7, 11) is -3.65. The number of anilines is 1.